The van der Waals surface area contributed by atoms with Crippen molar-refractivity contribution in [3.05, 3.63) is 29.8 Å². The topological polar surface area (TPSA) is 245 Å². The molecule has 1 fully saturated rings. The van der Waals surface area contributed by atoms with Crippen molar-refractivity contribution in [3.63, 3.8) is 0 Å². The highest BCUT2D eigenvalue weighted by Gasteiger charge is 2.42. The molecule has 1 aromatic rings. The first kappa shape index (κ1) is 44.2. The zero-order valence-electron chi connectivity index (χ0n) is 30.7. The summed E-state index contributed by atoms with van der Waals surface area (Å²) in [5, 5.41) is 38.5. The molecule has 1 aliphatic heterocycles. The van der Waals surface area contributed by atoms with E-state index >= 15 is 0 Å². The maximum atomic E-state index is 13.6. The number of hydrogen-bond donors (Lipinski definition) is 7. The lowest BCUT2D eigenvalue weighted by Gasteiger charge is -2.38. The highest BCUT2D eigenvalue weighted by atomic mass is 16.8. The molecule has 0 aliphatic carbocycles. The van der Waals surface area contributed by atoms with Crippen LogP contribution in [0.2, 0.25) is 0 Å². The van der Waals surface area contributed by atoms with Gasteiger partial charge in [0, 0.05) is 31.7 Å². The lowest BCUT2D eigenvalue weighted by molar-refractivity contribution is -0.266. The molecule has 16 nitrogen and oxygen atoms in total. The third-order valence-corrected chi connectivity index (χ3v) is 9.02. The number of primary amides is 1. The number of unbranched alkanes of at least 4 members (excludes halogenated alkanes) is 4. The molecule has 1 aliphatic rings. The fourth-order valence-electron chi connectivity index (χ4n) is 5.41. The molecular formula is C36H58N4O12. The third kappa shape index (κ3) is 15.7. The van der Waals surface area contributed by atoms with Gasteiger partial charge in [0.05, 0.1) is 6.10 Å². The number of benzene rings is 1. The van der Waals surface area contributed by atoms with Gasteiger partial charge in [-0.3, -0.25) is 19.2 Å². The maximum absolute atomic E-state index is 13.6. The Kier molecular flexibility index (Phi) is 20.0. The van der Waals surface area contributed by atoms with Crippen LogP contribution >= 0.6 is 0 Å². The second-order valence-electron chi connectivity index (χ2n) is 13.2. The van der Waals surface area contributed by atoms with Gasteiger partial charge in [-0.25, -0.2) is 4.79 Å². The fourth-order valence-corrected chi connectivity index (χ4v) is 5.41. The summed E-state index contributed by atoms with van der Waals surface area (Å²) in [6.07, 6.45) is -0.445. The first-order valence-electron chi connectivity index (χ1n) is 18.1. The first-order chi connectivity index (χ1) is 24.8. The second kappa shape index (κ2) is 23.5. The van der Waals surface area contributed by atoms with Gasteiger partial charge in [0.2, 0.25) is 30.4 Å². The summed E-state index contributed by atoms with van der Waals surface area (Å²) in [4.78, 5) is 62.6. The number of amides is 4. The van der Waals surface area contributed by atoms with Crippen LogP contribution in [0.25, 0.3) is 0 Å². The third-order valence-electron chi connectivity index (χ3n) is 9.02. The van der Waals surface area contributed by atoms with E-state index < -0.39 is 68.1 Å². The molecule has 8 N–H and O–H groups in total. The number of carbonyl (C=O) groups is 5. The van der Waals surface area contributed by atoms with Crippen molar-refractivity contribution in [2.24, 2.45) is 17.6 Å². The smallest absolute Gasteiger partial charge is 0.457 e. The molecule has 4 unspecified atom stereocenters. The Bertz CT molecular complexity index is 1270. The zero-order valence-corrected chi connectivity index (χ0v) is 30.7. The fraction of sp³-hybridized carbons (Fsp3) is 0.694. The Morgan fingerprint density at radius 2 is 1.58 bits per heavy atom. The van der Waals surface area contributed by atoms with E-state index in [0.717, 1.165) is 19.3 Å². The van der Waals surface area contributed by atoms with E-state index in [2.05, 4.69) is 16.0 Å². The lowest BCUT2D eigenvalue weighted by Crippen LogP contribution is -2.56. The Morgan fingerprint density at radius 1 is 0.885 bits per heavy atom. The minimum Gasteiger partial charge on any atom is -0.457 e. The number of carbonyl (C=O) groups excluding carboxylic acids is 5. The molecule has 294 valence electrons. The molecule has 0 spiro atoms. The summed E-state index contributed by atoms with van der Waals surface area (Å²) in [7, 11) is 0. The number of aliphatic hydroxyl groups excluding tert-OH is 3. The summed E-state index contributed by atoms with van der Waals surface area (Å²) in [5.41, 5.74) is 5.86. The van der Waals surface area contributed by atoms with Crippen LogP contribution in [-0.4, -0.2) is 102 Å². The molecule has 1 aromatic carbocycles. The normalized spacial score (nSPS) is 21.6. The van der Waals surface area contributed by atoms with Crippen molar-refractivity contribution in [3.8, 4) is 5.75 Å². The van der Waals surface area contributed by atoms with E-state index in [9.17, 15) is 39.3 Å². The van der Waals surface area contributed by atoms with Crippen LogP contribution in [0, 0.1) is 11.8 Å². The average molecular weight is 739 g/mol. The highest BCUT2D eigenvalue weighted by Crippen LogP contribution is 2.25. The second-order valence-corrected chi connectivity index (χ2v) is 13.2. The molecule has 0 radical (unpaired) electrons. The van der Waals surface area contributed by atoms with E-state index in [4.69, 9.17) is 24.7 Å². The molecule has 16 heteroatoms. The van der Waals surface area contributed by atoms with Crippen LogP contribution in [0.1, 0.15) is 91.0 Å². The van der Waals surface area contributed by atoms with E-state index in [1.165, 1.54) is 6.92 Å². The predicted molar refractivity (Wildman–Crippen MR) is 188 cm³/mol. The Morgan fingerprint density at radius 3 is 2.23 bits per heavy atom. The molecule has 0 saturated carbocycles. The number of aliphatic hydroxyl groups is 3. The average Bonchev–Trinajstić information content (AvgIpc) is 3.11. The Balaban J connectivity index is 1.97. The van der Waals surface area contributed by atoms with Gasteiger partial charge in [-0.05, 0) is 42.9 Å². The van der Waals surface area contributed by atoms with Crippen molar-refractivity contribution in [2.45, 2.75) is 129 Å². The largest absolute Gasteiger partial charge is 0.511 e. The van der Waals surface area contributed by atoms with Gasteiger partial charge in [-0.15, -0.1) is 0 Å². The van der Waals surface area contributed by atoms with Gasteiger partial charge in [0.25, 0.3) is 0 Å². The van der Waals surface area contributed by atoms with E-state index in [0.29, 0.717) is 43.5 Å². The summed E-state index contributed by atoms with van der Waals surface area (Å²) >= 11 is 0. The summed E-state index contributed by atoms with van der Waals surface area (Å²) in [6.45, 7) is 6.71. The van der Waals surface area contributed by atoms with E-state index in [1.807, 2.05) is 20.8 Å². The molecule has 0 aromatic heterocycles. The molecule has 4 amide bonds. The molecule has 2 rings (SSSR count). The predicted octanol–water partition coefficient (Wildman–Crippen LogP) is 1.55. The molecule has 8 atom stereocenters. The van der Waals surface area contributed by atoms with Crippen molar-refractivity contribution in [2.75, 3.05) is 19.9 Å². The quantitative estimate of drug-likeness (QED) is 0.0481. The first-order valence-corrected chi connectivity index (χ1v) is 18.1. The molecule has 1 saturated heterocycles. The SMILES string of the molecule is CCCCCC(=O)NC(Cc1ccc(OCOC(=O)OC[C@H]2OC(O)[C@H](C)[C@@H](O)[C@@H]2O)cc1)C(=O)NC(C(=O)NCCCCCC(N)=O)C(C)CC. The lowest BCUT2D eigenvalue weighted by atomic mass is 9.93. The van der Waals surface area contributed by atoms with Gasteiger partial charge < -0.3 is 56.0 Å². The molecule has 1 heterocycles. The van der Waals surface area contributed by atoms with Crippen LogP contribution in [0.5, 0.6) is 5.75 Å². The summed E-state index contributed by atoms with van der Waals surface area (Å²) in [6, 6.07) is 4.77. The van der Waals surface area contributed by atoms with Crippen LogP contribution in [0.3, 0.4) is 0 Å². The highest BCUT2D eigenvalue weighted by molar-refractivity contribution is 5.92. The van der Waals surface area contributed by atoms with Gasteiger partial charge in [-0.2, -0.15) is 0 Å². The molecule has 0 bridgehead atoms. The standard InChI is InChI=1S/C36H58N4O12/c1-5-7-9-13-29(42)39-26(33(45)40-30(22(3)6-2)34(46)38-18-11-8-10-12-28(37)41)19-24-14-16-25(17-15-24)50-21-51-36(48)49-20-27-32(44)31(43)23(4)35(47)52-27/h14-17,22-23,26-27,30-32,35,43-44,47H,5-13,18-21H2,1-4H3,(H2,37,41)(H,38,46)(H,39,42)(H,40,45)/t22?,23-,26?,27-,30?,31-,32-,35?/m1/s1. The number of ether oxygens (including phenoxy) is 4. The Labute approximate surface area is 305 Å². The number of nitrogens with one attached hydrogen (secondary N) is 3. The van der Waals surface area contributed by atoms with Crippen molar-refractivity contribution in [1.29, 1.82) is 0 Å². The monoisotopic (exact) mass is 738 g/mol. The number of nitrogens with two attached hydrogens (primary N) is 1. The van der Waals surface area contributed by atoms with Crippen LogP contribution in [0.15, 0.2) is 24.3 Å². The van der Waals surface area contributed by atoms with Gasteiger partial charge >= 0.3 is 6.16 Å². The number of rotatable bonds is 23. The van der Waals surface area contributed by atoms with Crippen LogP contribution in [0.4, 0.5) is 4.79 Å². The van der Waals surface area contributed by atoms with Crippen molar-refractivity contribution in [1.82, 2.24) is 16.0 Å². The van der Waals surface area contributed by atoms with Gasteiger partial charge in [0.1, 0.15) is 36.6 Å². The Hall–Kier alpha value is -3.99. The van der Waals surface area contributed by atoms with Gasteiger partial charge in [-0.1, -0.05) is 65.5 Å². The number of hydrogen-bond acceptors (Lipinski definition) is 12. The minimum atomic E-state index is -1.37. The van der Waals surface area contributed by atoms with Crippen LogP contribution in [-0.2, 0) is 39.8 Å². The van der Waals surface area contributed by atoms with E-state index in [-0.39, 0.29) is 42.9 Å². The van der Waals surface area contributed by atoms with Gasteiger partial charge in [0.15, 0.2) is 6.29 Å². The molecule has 52 heavy (non-hydrogen) atoms. The van der Waals surface area contributed by atoms with Crippen molar-refractivity contribution >= 4 is 29.8 Å². The minimum absolute atomic E-state index is 0.125. The van der Waals surface area contributed by atoms with E-state index in [1.54, 1.807) is 24.3 Å². The van der Waals surface area contributed by atoms with Crippen LogP contribution < -0.4 is 26.4 Å². The summed E-state index contributed by atoms with van der Waals surface area (Å²) < 4.78 is 20.4. The molecular weight excluding hydrogens is 680 g/mol. The zero-order chi connectivity index (χ0) is 38.6. The summed E-state index contributed by atoms with van der Waals surface area (Å²) in [5.74, 6) is -2.05. The van der Waals surface area contributed by atoms with Crippen molar-refractivity contribution < 1.29 is 58.2 Å². The maximum Gasteiger partial charge on any atom is 0.511 e.